The average molecular weight is 219 g/mol. The third kappa shape index (κ3) is 3.87. The van der Waals surface area contributed by atoms with E-state index in [1.807, 2.05) is 37.3 Å². The van der Waals surface area contributed by atoms with Crippen LogP contribution in [0.1, 0.15) is 12.5 Å². The van der Waals surface area contributed by atoms with E-state index < -0.39 is 0 Å². The summed E-state index contributed by atoms with van der Waals surface area (Å²) in [6.45, 7) is 2.88. The molecular formula is C13H17NO2. The van der Waals surface area contributed by atoms with E-state index in [2.05, 4.69) is 0 Å². The highest BCUT2D eigenvalue weighted by atomic mass is 16.3. The number of aliphatic hydroxyl groups excluding tert-OH is 1. The van der Waals surface area contributed by atoms with E-state index in [0.29, 0.717) is 13.1 Å². The monoisotopic (exact) mass is 219 g/mol. The van der Waals surface area contributed by atoms with Crippen LogP contribution < -0.4 is 0 Å². The zero-order valence-corrected chi connectivity index (χ0v) is 9.47. The molecule has 0 spiro atoms. The minimum Gasteiger partial charge on any atom is -0.395 e. The van der Waals surface area contributed by atoms with Crippen molar-refractivity contribution in [2.24, 2.45) is 0 Å². The number of carbonyl (C=O) groups is 1. The van der Waals surface area contributed by atoms with E-state index in [1.54, 1.807) is 11.0 Å². The van der Waals surface area contributed by atoms with Crippen molar-refractivity contribution in [1.29, 1.82) is 0 Å². The molecule has 0 atom stereocenters. The van der Waals surface area contributed by atoms with Crippen LogP contribution in [0.5, 0.6) is 0 Å². The van der Waals surface area contributed by atoms with Crippen molar-refractivity contribution in [2.45, 2.75) is 6.92 Å². The molecule has 0 aliphatic heterocycles. The van der Waals surface area contributed by atoms with Crippen molar-refractivity contribution in [3.63, 3.8) is 0 Å². The van der Waals surface area contributed by atoms with Gasteiger partial charge in [-0.05, 0) is 18.6 Å². The molecule has 0 aromatic heterocycles. The van der Waals surface area contributed by atoms with Crippen LogP contribution in [0.15, 0.2) is 36.4 Å². The van der Waals surface area contributed by atoms with Gasteiger partial charge in [-0.1, -0.05) is 30.3 Å². The zero-order valence-electron chi connectivity index (χ0n) is 9.47. The van der Waals surface area contributed by atoms with Crippen molar-refractivity contribution >= 4 is 12.0 Å². The molecule has 0 bridgehead atoms. The van der Waals surface area contributed by atoms with E-state index >= 15 is 0 Å². The van der Waals surface area contributed by atoms with Crippen molar-refractivity contribution in [3.8, 4) is 0 Å². The van der Waals surface area contributed by atoms with Gasteiger partial charge >= 0.3 is 0 Å². The second kappa shape index (κ2) is 6.80. The summed E-state index contributed by atoms with van der Waals surface area (Å²) in [5.74, 6) is -0.0691. The van der Waals surface area contributed by atoms with Gasteiger partial charge in [0, 0.05) is 19.2 Å². The van der Waals surface area contributed by atoms with Crippen LogP contribution in [0, 0.1) is 0 Å². The van der Waals surface area contributed by atoms with Gasteiger partial charge in [0.1, 0.15) is 0 Å². The molecule has 1 aromatic carbocycles. The summed E-state index contributed by atoms with van der Waals surface area (Å²) in [6, 6.07) is 9.66. The predicted molar refractivity (Wildman–Crippen MR) is 64.8 cm³/mol. The molecule has 0 aliphatic carbocycles. The Balaban J connectivity index is 2.59. The standard InChI is InChI=1S/C13H17NO2/c1-2-14(10-11-15)13(16)9-8-12-6-4-3-5-7-12/h3-9,15H,2,10-11H2,1H3/b9-8+. The Kier molecular flexibility index (Phi) is 5.29. The summed E-state index contributed by atoms with van der Waals surface area (Å²) in [5, 5.41) is 8.78. The molecule has 3 heteroatoms. The topological polar surface area (TPSA) is 40.5 Å². The van der Waals surface area contributed by atoms with Gasteiger partial charge in [0.05, 0.1) is 6.61 Å². The molecule has 0 fully saturated rings. The smallest absolute Gasteiger partial charge is 0.246 e. The number of likely N-dealkylation sites (N-methyl/N-ethyl adjacent to an activating group) is 1. The quantitative estimate of drug-likeness (QED) is 0.763. The van der Waals surface area contributed by atoms with Gasteiger partial charge < -0.3 is 10.0 Å². The largest absolute Gasteiger partial charge is 0.395 e. The lowest BCUT2D eigenvalue weighted by molar-refractivity contribution is -0.126. The maximum Gasteiger partial charge on any atom is 0.246 e. The first kappa shape index (κ1) is 12.5. The van der Waals surface area contributed by atoms with Gasteiger partial charge in [0.15, 0.2) is 0 Å². The van der Waals surface area contributed by atoms with Crippen molar-refractivity contribution < 1.29 is 9.90 Å². The van der Waals surface area contributed by atoms with Crippen LogP contribution in [-0.4, -0.2) is 35.6 Å². The number of carbonyl (C=O) groups excluding carboxylic acids is 1. The van der Waals surface area contributed by atoms with Gasteiger partial charge in [-0.15, -0.1) is 0 Å². The molecule has 0 saturated carbocycles. The highest BCUT2D eigenvalue weighted by Gasteiger charge is 2.06. The lowest BCUT2D eigenvalue weighted by atomic mass is 10.2. The van der Waals surface area contributed by atoms with E-state index in [-0.39, 0.29) is 12.5 Å². The molecule has 0 saturated heterocycles. The maximum absolute atomic E-state index is 11.7. The third-order valence-electron chi connectivity index (χ3n) is 2.28. The molecule has 1 N–H and O–H groups in total. The van der Waals surface area contributed by atoms with Crippen LogP contribution in [0.4, 0.5) is 0 Å². The zero-order chi connectivity index (χ0) is 11.8. The highest BCUT2D eigenvalue weighted by Crippen LogP contribution is 2.02. The first-order chi connectivity index (χ1) is 7.77. The van der Waals surface area contributed by atoms with Crippen LogP contribution in [0.25, 0.3) is 6.08 Å². The third-order valence-corrected chi connectivity index (χ3v) is 2.28. The predicted octanol–water partition coefficient (Wildman–Crippen LogP) is 1.54. The molecule has 16 heavy (non-hydrogen) atoms. The number of nitrogens with zero attached hydrogens (tertiary/aromatic N) is 1. The molecule has 1 amide bonds. The second-order valence-corrected chi connectivity index (χ2v) is 3.39. The van der Waals surface area contributed by atoms with Crippen LogP contribution in [-0.2, 0) is 4.79 Å². The average Bonchev–Trinajstić information content (AvgIpc) is 2.34. The number of benzene rings is 1. The number of hydrogen-bond acceptors (Lipinski definition) is 2. The van der Waals surface area contributed by atoms with E-state index in [1.165, 1.54) is 6.08 Å². The first-order valence-electron chi connectivity index (χ1n) is 5.40. The lowest BCUT2D eigenvalue weighted by Crippen LogP contribution is -2.31. The fraction of sp³-hybridized carbons (Fsp3) is 0.308. The van der Waals surface area contributed by atoms with Gasteiger partial charge in [-0.2, -0.15) is 0 Å². The SMILES string of the molecule is CCN(CCO)C(=O)/C=C/c1ccccc1. The van der Waals surface area contributed by atoms with Crippen molar-refractivity contribution in [2.75, 3.05) is 19.7 Å². The summed E-state index contributed by atoms with van der Waals surface area (Å²) in [6.07, 6.45) is 3.32. The summed E-state index contributed by atoms with van der Waals surface area (Å²) in [5.41, 5.74) is 0.996. The van der Waals surface area contributed by atoms with E-state index in [4.69, 9.17) is 5.11 Å². The highest BCUT2D eigenvalue weighted by molar-refractivity contribution is 5.91. The summed E-state index contributed by atoms with van der Waals surface area (Å²) in [4.78, 5) is 13.3. The lowest BCUT2D eigenvalue weighted by Gasteiger charge is -2.17. The summed E-state index contributed by atoms with van der Waals surface area (Å²) >= 11 is 0. The number of hydrogen-bond donors (Lipinski definition) is 1. The Hall–Kier alpha value is -1.61. The summed E-state index contributed by atoms with van der Waals surface area (Å²) in [7, 11) is 0. The second-order valence-electron chi connectivity index (χ2n) is 3.39. The molecule has 1 aromatic rings. The minimum atomic E-state index is -0.0691. The Morgan fingerprint density at radius 2 is 2.06 bits per heavy atom. The van der Waals surface area contributed by atoms with Gasteiger partial charge in [0.2, 0.25) is 5.91 Å². The maximum atomic E-state index is 11.7. The number of amides is 1. The first-order valence-corrected chi connectivity index (χ1v) is 5.40. The Bertz CT molecular complexity index is 346. The summed E-state index contributed by atoms with van der Waals surface area (Å²) < 4.78 is 0. The van der Waals surface area contributed by atoms with Gasteiger partial charge in [0.25, 0.3) is 0 Å². The molecule has 3 nitrogen and oxygen atoms in total. The van der Waals surface area contributed by atoms with Crippen molar-refractivity contribution in [1.82, 2.24) is 4.90 Å². The van der Waals surface area contributed by atoms with Crippen LogP contribution in [0.3, 0.4) is 0 Å². The Morgan fingerprint density at radius 3 is 2.62 bits per heavy atom. The molecule has 0 heterocycles. The van der Waals surface area contributed by atoms with E-state index in [9.17, 15) is 4.79 Å². The normalized spacial score (nSPS) is 10.6. The fourth-order valence-corrected chi connectivity index (χ4v) is 1.38. The van der Waals surface area contributed by atoms with Crippen molar-refractivity contribution in [3.05, 3.63) is 42.0 Å². The molecule has 86 valence electrons. The van der Waals surface area contributed by atoms with Crippen LogP contribution in [0.2, 0.25) is 0 Å². The molecule has 0 unspecified atom stereocenters. The van der Waals surface area contributed by atoms with E-state index in [0.717, 1.165) is 5.56 Å². The Labute approximate surface area is 96.0 Å². The Morgan fingerprint density at radius 1 is 1.38 bits per heavy atom. The van der Waals surface area contributed by atoms with Crippen LogP contribution >= 0.6 is 0 Å². The number of aliphatic hydroxyl groups is 1. The molecule has 0 aliphatic rings. The number of rotatable bonds is 5. The molecule has 0 radical (unpaired) electrons. The molecular weight excluding hydrogens is 202 g/mol. The fourth-order valence-electron chi connectivity index (χ4n) is 1.38. The van der Waals surface area contributed by atoms with Gasteiger partial charge in [-0.25, -0.2) is 0 Å². The van der Waals surface area contributed by atoms with Gasteiger partial charge in [-0.3, -0.25) is 4.79 Å². The minimum absolute atomic E-state index is 0.00123. The molecule has 1 rings (SSSR count).